The minimum absolute atomic E-state index is 0.103. The number of ketones is 1. The standard InChI is InChI=1S/C9H7Cl2N3OS/c1-14-4-5(12-13-14)2-7(15)6-3-8(10)16-9(6)11/h3-4H,2H2,1H3. The molecule has 16 heavy (non-hydrogen) atoms. The quantitative estimate of drug-likeness (QED) is 0.809. The Morgan fingerprint density at radius 2 is 2.31 bits per heavy atom. The van der Waals surface area contributed by atoms with Crippen LogP contribution in [0.25, 0.3) is 0 Å². The van der Waals surface area contributed by atoms with E-state index in [9.17, 15) is 4.79 Å². The van der Waals surface area contributed by atoms with Gasteiger partial charge in [0.1, 0.15) is 4.34 Å². The summed E-state index contributed by atoms with van der Waals surface area (Å²) in [6.07, 6.45) is 1.88. The van der Waals surface area contributed by atoms with Gasteiger partial charge in [0.25, 0.3) is 0 Å². The molecule has 2 rings (SSSR count). The van der Waals surface area contributed by atoms with Gasteiger partial charge < -0.3 is 0 Å². The van der Waals surface area contributed by atoms with Crippen molar-refractivity contribution < 1.29 is 4.79 Å². The SMILES string of the molecule is Cn1cc(CC(=O)c2cc(Cl)sc2Cl)nn1. The number of rotatable bonds is 3. The highest BCUT2D eigenvalue weighted by Gasteiger charge is 2.15. The van der Waals surface area contributed by atoms with Crippen molar-refractivity contribution in [2.75, 3.05) is 0 Å². The van der Waals surface area contributed by atoms with Crippen LogP contribution < -0.4 is 0 Å². The topological polar surface area (TPSA) is 47.8 Å². The number of aromatic nitrogens is 3. The van der Waals surface area contributed by atoms with Crippen LogP contribution in [0, 0.1) is 0 Å². The fourth-order valence-electron chi connectivity index (χ4n) is 1.27. The minimum Gasteiger partial charge on any atom is -0.294 e. The predicted molar refractivity (Wildman–Crippen MR) is 63.4 cm³/mol. The van der Waals surface area contributed by atoms with Gasteiger partial charge in [0.05, 0.1) is 16.5 Å². The van der Waals surface area contributed by atoms with Crippen molar-refractivity contribution >= 4 is 40.3 Å². The highest BCUT2D eigenvalue weighted by Crippen LogP contribution is 2.31. The molecule has 0 N–H and O–H groups in total. The van der Waals surface area contributed by atoms with Crippen LogP contribution in [0.2, 0.25) is 8.67 Å². The molecule has 7 heteroatoms. The fourth-order valence-corrected chi connectivity index (χ4v) is 2.77. The predicted octanol–water partition coefficient (Wildman–Crippen LogP) is 2.61. The van der Waals surface area contributed by atoms with E-state index in [1.807, 2.05) is 0 Å². The lowest BCUT2D eigenvalue weighted by Gasteiger charge is -1.94. The summed E-state index contributed by atoms with van der Waals surface area (Å²) < 4.78 is 2.47. The summed E-state index contributed by atoms with van der Waals surface area (Å²) in [5.41, 5.74) is 1.06. The van der Waals surface area contributed by atoms with Gasteiger partial charge in [0.15, 0.2) is 5.78 Å². The Bertz CT molecular complexity index is 535. The van der Waals surface area contributed by atoms with Gasteiger partial charge in [-0.1, -0.05) is 28.4 Å². The zero-order chi connectivity index (χ0) is 11.7. The number of carbonyl (C=O) groups excluding carboxylic acids is 1. The molecule has 0 aliphatic carbocycles. The first-order valence-corrected chi connectivity index (χ1v) is 5.96. The van der Waals surface area contributed by atoms with E-state index < -0.39 is 0 Å². The molecule has 2 aromatic rings. The lowest BCUT2D eigenvalue weighted by atomic mass is 10.1. The molecule has 0 unspecified atom stereocenters. The van der Waals surface area contributed by atoms with Crippen LogP contribution in [0.5, 0.6) is 0 Å². The molecule has 84 valence electrons. The summed E-state index contributed by atoms with van der Waals surface area (Å²) in [5.74, 6) is -0.103. The fraction of sp³-hybridized carbons (Fsp3) is 0.222. The van der Waals surface area contributed by atoms with Crippen LogP contribution >= 0.6 is 34.5 Å². The van der Waals surface area contributed by atoms with Crippen molar-refractivity contribution in [2.45, 2.75) is 6.42 Å². The highest BCUT2D eigenvalue weighted by molar-refractivity contribution is 7.20. The maximum atomic E-state index is 11.8. The number of nitrogens with zero attached hydrogens (tertiary/aromatic N) is 3. The van der Waals surface area contributed by atoms with Gasteiger partial charge in [0, 0.05) is 18.8 Å². The zero-order valence-electron chi connectivity index (χ0n) is 8.28. The first-order chi connectivity index (χ1) is 7.56. The molecule has 0 saturated heterocycles. The maximum Gasteiger partial charge on any atom is 0.171 e. The van der Waals surface area contributed by atoms with Crippen LogP contribution in [0.15, 0.2) is 12.3 Å². The van der Waals surface area contributed by atoms with E-state index in [4.69, 9.17) is 23.2 Å². The summed E-state index contributed by atoms with van der Waals surface area (Å²) >= 11 is 12.8. The van der Waals surface area contributed by atoms with Gasteiger partial charge in [-0.15, -0.1) is 16.4 Å². The van der Waals surface area contributed by atoms with Crippen LogP contribution in [0.3, 0.4) is 0 Å². The van der Waals surface area contributed by atoms with Crippen LogP contribution in [-0.2, 0) is 13.5 Å². The van der Waals surface area contributed by atoms with Crippen molar-refractivity contribution in [2.24, 2.45) is 7.05 Å². The Kier molecular flexibility index (Phi) is 3.28. The Balaban J connectivity index is 2.17. The molecular weight excluding hydrogens is 269 g/mol. The first kappa shape index (κ1) is 11.6. The summed E-state index contributed by atoms with van der Waals surface area (Å²) in [4.78, 5) is 11.8. The third-order valence-electron chi connectivity index (χ3n) is 1.95. The van der Waals surface area contributed by atoms with E-state index in [1.165, 1.54) is 11.3 Å². The molecule has 2 aromatic heterocycles. The molecule has 0 aliphatic rings. The van der Waals surface area contributed by atoms with E-state index >= 15 is 0 Å². The van der Waals surface area contributed by atoms with E-state index in [0.29, 0.717) is 19.9 Å². The molecule has 0 radical (unpaired) electrons. The Morgan fingerprint density at radius 3 is 2.81 bits per heavy atom. The van der Waals surface area contributed by atoms with Crippen molar-refractivity contribution in [3.05, 3.63) is 32.2 Å². The van der Waals surface area contributed by atoms with Crippen LogP contribution in [0.4, 0.5) is 0 Å². The monoisotopic (exact) mass is 275 g/mol. The number of halogens is 2. The van der Waals surface area contributed by atoms with Crippen LogP contribution in [-0.4, -0.2) is 20.8 Å². The second-order valence-corrected chi connectivity index (χ2v) is 5.51. The third kappa shape index (κ3) is 2.42. The largest absolute Gasteiger partial charge is 0.294 e. The number of hydrogen-bond donors (Lipinski definition) is 0. The second kappa shape index (κ2) is 4.53. The summed E-state index contributed by atoms with van der Waals surface area (Å²) in [6, 6.07) is 1.58. The first-order valence-electron chi connectivity index (χ1n) is 4.39. The maximum absolute atomic E-state index is 11.8. The van der Waals surface area contributed by atoms with Gasteiger partial charge in [0.2, 0.25) is 0 Å². The Labute approximate surface area is 106 Å². The second-order valence-electron chi connectivity index (χ2n) is 3.22. The van der Waals surface area contributed by atoms with Crippen molar-refractivity contribution in [3.8, 4) is 0 Å². The highest BCUT2D eigenvalue weighted by atomic mass is 35.5. The number of hydrogen-bond acceptors (Lipinski definition) is 4. The molecule has 0 amide bonds. The number of thiophene rings is 1. The molecule has 0 bridgehead atoms. The third-order valence-corrected chi connectivity index (χ3v) is 3.44. The van der Waals surface area contributed by atoms with Gasteiger partial charge in [-0.05, 0) is 6.07 Å². The molecule has 0 atom stereocenters. The van der Waals surface area contributed by atoms with Crippen LogP contribution in [0.1, 0.15) is 16.1 Å². The van der Waals surface area contributed by atoms with Gasteiger partial charge in [-0.3, -0.25) is 9.48 Å². The lowest BCUT2D eigenvalue weighted by molar-refractivity contribution is 0.0992. The van der Waals surface area contributed by atoms with E-state index in [-0.39, 0.29) is 12.2 Å². The molecule has 0 saturated carbocycles. The summed E-state index contributed by atoms with van der Waals surface area (Å²) in [7, 11) is 1.75. The summed E-state index contributed by atoms with van der Waals surface area (Å²) in [6.45, 7) is 0. The molecule has 2 heterocycles. The number of carbonyl (C=O) groups is 1. The van der Waals surface area contributed by atoms with Crippen molar-refractivity contribution in [1.29, 1.82) is 0 Å². The smallest absolute Gasteiger partial charge is 0.171 e. The van der Waals surface area contributed by atoms with E-state index in [0.717, 1.165) is 0 Å². The van der Waals surface area contributed by atoms with Crippen molar-refractivity contribution in [1.82, 2.24) is 15.0 Å². The normalized spacial score (nSPS) is 10.7. The molecule has 0 fully saturated rings. The van der Waals surface area contributed by atoms with Gasteiger partial charge >= 0.3 is 0 Å². The minimum atomic E-state index is -0.103. The number of Topliss-reactive ketones (excluding diaryl/α,β-unsaturated/α-hetero) is 1. The number of aryl methyl sites for hydroxylation is 1. The molecule has 0 spiro atoms. The molecular formula is C9H7Cl2N3OS. The molecule has 4 nitrogen and oxygen atoms in total. The molecule has 0 aliphatic heterocycles. The molecule has 0 aromatic carbocycles. The summed E-state index contributed by atoms with van der Waals surface area (Å²) in [5, 5.41) is 7.59. The van der Waals surface area contributed by atoms with Gasteiger partial charge in [-0.25, -0.2) is 0 Å². The van der Waals surface area contributed by atoms with Crippen molar-refractivity contribution in [3.63, 3.8) is 0 Å². The van der Waals surface area contributed by atoms with Gasteiger partial charge in [-0.2, -0.15) is 0 Å². The van der Waals surface area contributed by atoms with E-state index in [2.05, 4.69) is 10.3 Å². The van der Waals surface area contributed by atoms with E-state index in [1.54, 1.807) is 24.0 Å². The Morgan fingerprint density at radius 1 is 1.56 bits per heavy atom. The average Bonchev–Trinajstić information content (AvgIpc) is 2.73. The lowest BCUT2D eigenvalue weighted by Crippen LogP contribution is -2.03. The zero-order valence-corrected chi connectivity index (χ0v) is 10.6. The average molecular weight is 276 g/mol. The Hall–Kier alpha value is -0.910.